The summed E-state index contributed by atoms with van der Waals surface area (Å²) in [5.41, 5.74) is -0.0401. The Kier molecular flexibility index (Phi) is 4.62. The van der Waals surface area contributed by atoms with E-state index in [1.54, 1.807) is 0 Å². The number of nitrogens with one attached hydrogen (secondary N) is 2. The SMILES string of the molecule is CC(C)C[C@@H](NC(=O)c1ccc([N+](=O)[O-])[nH]1)C(=O)O. The van der Waals surface area contributed by atoms with Crippen molar-refractivity contribution in [1.29, 1.82) is 0 Å². The lowest BCUT2D eigenvalue weighted by atomic mass is 10.0. The molecule has 0 radical (unpaired) electrons. The molecule has 1 amide bonds. The van der Waals surface area contributed by atoms with Crippen molar-refractivity contribution in [2.24, 2.45) is 5.92 Å². The topological polar surface area (TPSA) is 125 Å². The molecule has 1 rings (SSSR count). The third-order valence-electron chi connectivity index (χ3n) is 2.42. The molecule has 8 heteroatoms. The first kappa shape index (κ1) is 14.7. The van der Waals surface area contributed by atoms with Crippen molar-refractivity contribution < 1.29 is 19.6 Å². The van der Waals surface area contributed by atoms with E-state index in [1.807, 2.05) is 13.8 Å². The number of carbonyl (C=O) groups excluding carboxylic acids is 1. The maximum Gasteiger partial charge on any atom is 0.326 e. The molecule has 3 N–H and O–H groups in total. The number of carboxylic acids is 1. The van der Waals surface area contributed by atoms with Crippen LogP contribution in [0.15, 0.2) is 12.1 Å². The quantitative estimate of drug-likeness (QED) is 0.527. The summed E-state index contributed by atoms with van der Waals surface area (Å²) in [6, 6.07) is 1.37. The Balaban J connectivity index is 2.75. The molecule has 0 saturated carbocycles. The normalized spacial score (nSPS) is 12.2. The lowest BCUT2D eigenvalue weighted by molar-refractivity contribution is -0.389. The van der Waals surface area contributed by atoms with E-state index in [1.165, 1.54) is 6.07 Å². The van der Waals surface area contributed by atoms with Crippen molar-refractivity contribution in [2.75, 3.05) is 0 Å². The fourth-order valence-electron chi connectivity index (χ4n) is 1.55. The molecule has 0 aliphatic carbocycles. The summed E-state index contributed by atoms with van der Waals surface area (Å²) in [6.07, 6.45) is 0.282. The average molecular weight is 269 g/mol. The second-order valence-electron chi connectivity index (χ2n) is 4.51. The maximum absolute atomic E-state index is 11.7. The van der Waals surface area contributed by atoms with Crippen LogP contribution in [0.4, 0.5) is 5.82 Å². The molecule has 1 atom stereocenters. The zero-order valence-electron chi connectivity index (χ0n) is 10.5. The summed E-state index contributed by atoms with van der Waals surface area (Å²) in [7, 11) is 0. The Morgan fingerprint density at radius 3 is 2.53 bits per heavy atom. The van der Waals surface area contributed by atoms with Crippen molar-refractivity contribution in [2.45, 2.75) is 26.3 Å². The largest absolute Gasteiger partial charge is 0.480 e. The molecule has 8 nitrogen and oxygen atoms in total. The van der Waals surface area contributed by atoms with Crippen molar-refractivity contribution in [3.05, 3.63) is 27.9 Å². The third-order valence-corrected chi connectivity index (χ3v) is 2.42. The second-order valence-corrected chi connectivity index (χ2v) is 4.51. The van der Waals surface area contributed by atoms with E-state index in [0.29, 0.717) is 0 Å². The highest BCUT2D eigenvalue weighted by Crippen LogP contribution is 2.11. The molecular weight excluding hydrogens is 254 g/mol. The predicted octanol–water partition coefficient (Wildman–Crippen LogP) is 1.15. The lowest BCUT2D eigenvalue weighted by Crippen LogP contribution is -2.41. The fraction of sp³-hybridized carbons (Fsp3) is 0.455. The number of aromatic amines is 1. The average Bonchev–Trinajstić information content (AvgIpc) is 2.76. The monoisotopic (exact) mass is 269 g/mol. The molecule has 0 aromatic carbocycles. The van der Waals surface area contributed by atoms with Crippen LogP contribution in [0.3, 0.4) is 0 Å². The van der Waals surface area contributed by atoms with Gasteiger partial charge in [-0.25, -0.2) is 9.78 Å². The summed E-state index contributed by atoms with van der Waals surface area (Å²) < 4.78 is 0. The van der Waals surface area contributed by atoms with Gasteiger partial charge in [0.05, 0.1) is 0 Å². The van der Waals surface area contributed by atoms with Crippen LogP contribution < -0.4 is 5.32 Å². The number of nitro groups is 1. The molecule has 0 fully saturated rings. The van der Waals surface area contributed by atoms with Crippen LogP contribution in [0.25, 0.3) is 0 Å². The van der Waals surface area contributed by atoms with E-state index in [-0.39, 0.29) is 23.9 Å². The maximum atomic E-state index is 11.7. The van der Waals surface area contributed by atoms with Crippen LogP contribution >= 0.6 is 0 Å². The number of nitrogens with zero attached hydrogens (tertiary/aromatic N) is 1. The van der Waals surface area contributed by atoms with E-state index < -0.39 is 22.8 Å². The van der Waals surface area contributed by atoms with Gasteiger partial charge >= 0.3 is 11.8 Å². The van der Waals surface area contributed by atoms with Crippen molar-refractivity contribution in [3.63, 3.8) is 0 Å². The second kappa shape index (κ2) is 5.98. The highest BCUT2D eigenvalue weighted by Gasteiger charge is 2.24. The van der Waals surface area contributed by atoms with Crippen molar-refractivity contribution in [3.8, 4) is 0 Å². The smallest absolute Gasteiger partial charge is 0.326 e. The first-order valence-electron chi connectivity index (χ1n) is 5.68. The molecule has 0 aliphatic rings. The van der Waals surface area contributed by atoms with Gasteiger partial charge in [0.2, 0.25) is 0 Å². The summed E-state index contributed by atoms with van der Waals surface area (Å²) in [4.78, 5) is 34.8. The molecule has 0 unspecified atom stereocenters. The van der Waals surface area contributed by atoms with E-state index in [4.69, 9.17) is 5.11 Å². The van der Waals surface area contributed by atoms with E-state index in [9.17, 15) is 19.7 Å². The number of aromatic nitrogens is 1. The Hall–Kier alpha value is -2.38. The molecule has 0 spiro atoms. The first-order chi connectivity index (χ1) is 8.81. The Morgan fingerprint density at radius 1 is 1.47 bits per heavy atom. The van der Waals surface area contributed by atoms with Gasteiger partial charge in [-0.1, -0.05) is 13.8 Å². The number of amides is 1. The van der Waals surface area contributed by atoms with Crippen LogP contribution in [0.2, 0.25) is 0 Å². The van der Waals surface area contributed by atoms with Crippen LogP contribution in [-0.4, -0.2) is 32.9 Å². The number of carboxylic acid groups (broad SMARTS) is 1. The number of carbonyl (C=O) groups is 2. The summed E-state index contributed by atoms with van der Waals surface area (Å²) in [5.74, 6) is -2.04. The van der Waals surface area contributed by atoms with E-state index in [2.05, 4.69) is 10.3 Å². The van der Waals surface area contributed by atoms with Gasteiger partial charge in [0.25, 0.3) is 5.91 Å². The number of H-pyrrole nitrogens is 1. The Morgan fingerprint density at radius 2 is 2.11 bits per heavy atom. The summed E-state index contributed by atoms with van der Waals surface area (Å²) >= 11 is 0. The van der Waals surface area contributed by atoms with Crippen molar-refractivity contribution >= 4 is 17.7 Å². The van der Waals surface area contributed by atoms with Crippen molar-refractivity contribution in [1.82, 2.24) is 10.3 Å². The standard InChI is InChI=1S/C11H15N3O5/c1-6(2)5-8(11(16)17)13-10(15)7-3-4-9(12-7)14(18)19/h3-4,6,8,12H,5H2,1-2H3,(H,13,15)(H,16,17)/t8-/m1/s1. The van der Waals surface area contributed by atoms with Gasteiger partial charge in [0.1, 0.15) is 6.04 Å². The molecule has 1 heterocycles. The molecule has 19 heavy (non-hydrogen) atoms. The first-order valence-corrected chi connectivity index (χ1v) is 5.68. The van der Waals surface area contributed by atoms with Crippen LogP contribution in [0.1, 0.15) is 30.8 Å². The molecule has 104 valence electrons. The van der Waals surface area contributed by atoms with Gasteiger partial charge in [-0.3, -0.25) is 4.79 Å². The lowest BCUT2D eigenvalue weighted by Gasteiger charge is -2.15. The predicted molar refractivity (Wildman–Crippen MR) is 65.8 cm³/mol. The van der Waals surface area contributed by atoms with Gasteiger partial charge in [-0.2, -0.15) is 0 Å². The minimum atomic E-state index is -1.14. The van der Waals surface area contributed by atoms with Gasteiger partial charge in [-0.05, 0) is 23.3 Å². The summed E-state index contributed by atoms with van der Waals surface area (Å²) in [5, 5.41) is 21.8. The van der Waals surface area contributed by atoms with Gasteiger partial charge in [-0.15, -0.1) is 0 Å². The summed E-state index contributed by atoms with van der Waals surface area (Å²) in [6.45, 7) is 3.67. The highest BCUT2D eigenvalue weighted by molar-refractivity contribution is 5.95. The Bertz CT molecular complexity index is 494. The Labute approximate surface area is 109 Å². The van der Waals surface area contributed by atoms with Gasteiger partial charge < -0.3 is 20.5 Å². The molecule has 1 aromatic heterocycles. The minimum Gasteiger partial charge on any atom is -0.480 e. The number of aliphatic carboxylic acids is 1. The van der Waals surface area contributed by atoms with E-state index in [0.717, 1.165) is 6.07 Å². The van der Waals surface area contributed by atoms with Gasteiger partial charge in [0.15, 0.2) is 5.69 Å². The number of hydrogen-bond donors (Lipinski definition) is 3. The number of rotatable bonds is 6. The minimum absolute atomic E-state index is 0.0401. The highest BCUT2D eigenvalue weighted by atomic mass is 16.6. The fourth-order valence-corrected chi connectivity index (χ4v) is 1.55. The zero-order chi connectivity index (χ0) is 14.6. The van der Waals surface area contributed by atoms with E-state index >= 15 is 0 Å². The van der Waals surface area contributed by atoms with Crippen LogP contribution in [-0.2, 0) is 4.79 Å². The molecule has 0 bridgehead atoms. The number of hydrogen-bond acceptors (Lipinski definition) is 4. The molecule has 0 aliphatic heterocycles. The van der Waals surface area contributed by atoms with Crippen LogP contribution in [0.5, 0.6) is 0 Å². The molecule has 1 aromatic rings. The van der Waals surface area contributed by atoms with Gasteiger partial charge in [0, 0.05) is 6.07 Å². The molecule has 0 saturated heterocycles. The zero-order valence-corrected chi connectivity index (χ0v) is 10.5. The third kappa shape index (κ3) is 4.09. The molecular formula is C11H15N3O5. The van der Waals surface area contributed by atoms with Crippen LogP contribution in [0, 0.1) is 16.0 Å².